The van der Waals surface area contributed by atoms with Crippen LogP contribution in [-0.4, -0.2) is 32.9 Å². The number of likely N-dealkylation sites (N-methyl/N-ethyl adjacent to an activating group) is 1. The minimum Gasteiger partial charge on any atom is -0.334 e. The molecule has 1 aromatic carbocycles. The summed E-state index contributed by atoms with van der Waals surface area (Å²) in [5, 5.41) is 7.79. The maximum atomic E-state index is 4.60. The first-order valence-corrected chi connectivity index (χ1v) is 6.77. The van der Waals surface area contributed by atoms with Gasteiger partial charge < -0.3 is 9.88 Å². The Morgan fingerprint density at radius 3 is 2.90 bits per heavy atom. The van der Waals surface area contributed by atoms with Crippen LogP contribution in [0.1, 0.15) is 5.56 Å². The van der Waals surface area contributed by atoms with Gasteiger partial charge >= 0.3 is 0 Å². The second-order valence-corrected chi connectivity index (χ2v) is 5.09. The van der Waals surface area contributed by atoms with E-state index < -0.39 is 0 Å². The summed E-state index contributed by atoms with van der Waals surface area (Å²) < 4.78 is 3.91. The van der Waals surface area contributed by atoms with E-state index in [2.05, 4.69) is 39.8 Å². The summed E-state index contributed by atoms with van der Waals surface area (Å²) in [5.74, 6) is 0. The molecule has 0 saturated heterocycles. The Bertz CT molecular complexity index is 738. The highest BCUT2D eigenvalue weighted by molar-refractivity contribution is 5.81. The van der Waals surface area contributed by atoms with Gasteiger partial charge in [0.1, 0.15) is 0 Å². The van der Waals surface area contributed by atoms with Crippen LogP contribution in [0.3, 0.4) is 0 Å². The van der Waals surface area contributed by atoms with Gasteiger partial charge in [-0.05, 0) is 37.7 Å². The van der Waals surface area contributed by atoms with Gasteiger partial charge in [0.2, 0.25) is 0 Å². The number of aryl methyl sites for hydroxylation is 2. The van der Waals surface area contributed by atoms with Crippen molar-refractivity contribution in [3.05, 3.63) is 36.3 Å². The van der Waals surface area contributed by atoms with Crippen molar-refractivity contribution in [2.24, 2.45) is 14.1 Å². The fourth-order valence-electron chi connectivity index (χ4n) is 2.51. The first-order chi connectivity index (χ1) is 9.69. The number of rotatable bonds is 4. The van der Waals surface area contributed by atoms with Gasteiger partial charge in [0.15, 0.2) is 0 Å². The minimum absolute atomic E-state index is 0.949. The third-order valence-electron chi connectivity index (χ3n) is 3.55. The summed E-state index contributed by atoms with van der Waals surface area (Å²) >= 11 is 0. The molecular formula is C15H19N5. The number of hydrogen-bond acceptors (Lipinski definition) is 3. The fraction of sp³-hybridized carbons (Fsp3) is 0.333. The van der Waals surface area contributed by atoms with Crippen molar-refractivity contribution in [2.75, 3.05) is 13.6 Å². The van der Waals surface area contributed by atoms with E-state index in [0.717, 1.165) is 35.3 Å². The molecule has 0 amide bonds. The van der Waals surface area contributed by atoms with E-state index >= 15 is 0 Å². The third-order valence-corrected chi connectivity index (χ3v) is 3.55. The smallest absolute Gasteiger partial charge is 0.0956 e. The van der Waals surface area contributed by atoms with Crippen LogP contribution < -0.4 is 5.32 Å². The molecule has 0 aliphatic carbocycles. The molecule has 5 nitrogen and oxygen atoms in total. The lowest BCUT2D eigenvalue weighted by Crippen LogP contribution is -2.10. The van der Waals surface area contributed by atoms with Gasteiger partial charge in [-0.2, -0.15) is 5.10 Å². The molecule has 0 radical (unpaired) electrons. The van der Waals surface area contributed by atoms with Crippen LogP contribution in [-0.2, 0) is 20.5 Å². The van der Waals surface area contributed by atoms with Crippen LogP contribution in [0.4, 0.5) is 0 Å². The molecule has 0 fully saturated rings. The Kier molecular flexibility index (Phi) is 3.28. The molecule has 2 heterocycles. The molecule has 0 saturated carbocycles. The summed E-state index contributed by atoms with van der Waals surface area (Å²) in [4.78, 5) is 4.42. The molecule has 0 aliphatic heterocycles. The van der Waals surface area contributed by atoms with Crippen molar-refractivity contribution < 1.29 is 0 Å². The van der Waals surface area contributed by atoms with E-state index in [1.165, 1.54) is 5.56 Å². The summed E-state index contributed by atoms with van der Waals surface area (Å²) in [5.41, 5.74) is 5.59. The summed E-state index contributed by atoms with van der Waals surface area (Å²) in [6.07, 6.45) is 4.91. The fourth-order valence-corrected chi connectivity index (χ4v) is 2.51. The zero-order valence-electron chi connectivity index (χ0n) is 12.1. The largest absolute Gasteiger partial charge is 0.334 e. The van der Waals surface area contributed by atoms with Crippen molar-refractivity contribution in [3.63, 3.8) is 0 Å². The Morgan fingerprint density at radius 2 is 2.10 bits per heavy atom. The SMILES string of the molecule is CNCCc1cn(C)nc1-c1ccc2c(c1)ncn2C. The molecule has 2 aromatic heterocycles. The molecule has 3 aromatic rings. The lowest BCUT2D eigenvalue weighted by molar-refractivity contribution is 0.765. The summed E-state index contributed by atoms with van der Waals surface area (Å²) in [6.45, 7) is 0.949. The van der Waals surface area contributed by atoms with E-state index in [-0.39, 0.29) is 0 Å². The number of fused-ring (bicyclic) bond motifs is 1. The van der Waals surface area contributed by atoms with Crippen LogP contribution >= 0.6 is 0 Å². The molecule has 3 rings (SSSR count). The van der Waals surface area contributed by atoms with Crippen molar-refractivity contribution in [1.82, 2.24) is 24.6 Å². The maximum Gasteiger partial charge on any atom is 0.0956 e. The van der Waals surface area contributed by atoms with Gasteiger partial charge in [0.05, 0.1) is 23.1 Å². The van der Waals surface area contributed by atoms with Gasteiger partial charge in [0.25, 0.3) is 0 Å². The number of nitrogens with one attached hydrogen (secondary N) is 1. The number of nitrogens with zero attached hydrogens (tertiary/aromatic N) is 4. The Balaban J connectivity index is 2.05. The number of aromatic nitrogens is 4. The minimum atomic E-state index is 0.949. The molecule has 0 spiro atoms. The highest BCUT2D eigenvalue weighted by Crippen LogP contribution is 2.25. The summed E-state index contributed by atoms with van der Waals surface area (Å²) in [6, 6.07) is 6.34. The Morgan fingerprint density at radius 1 is 1.25 bits per heavy atom. The molecular weight excluding hydrogens is 250 g/mol. The van der Waals surface area contributed by atoms with E-state index in [1.807, 2.05) is 36.7 Å². The lowest BCUT2D eigenvalue weighted by Gasteiger charge is -2.03. The zero-order valence-corrected chi connectivity index (χ0v) is 12.1. The molecule has 0 unspecified atom stereocenters. The van der Waals surface area contributed by atoms with Crippen LogP contribution in [0, 0.1) is 0 Å². The van der Waals surface area contributed by atoms with Crippen LogP contribution in [0.15, 0.2) is 30.7 Å². The van der Waals surface area contributed by atoms with E-state index in [4.69, 9.17) is 0 Å². The second-order valence-electron chi connectivity index (χ2n) is 5.09. The Labute approximate surface area is 118 Å². The van der Waals surface area contributed by atoms with Crippen LogP contribution in [0.25, 0.3) is 22.3 Å². The third kappa shape index (κ3) is 2.20. The van der Waals surface area contributed by atoms with Gasteiger partial charge in [-0.15, -0.1) is 0 Å². The van der Waals surface area contributed by atoms with Gasteiger partial charge in [0, 0.05) is 25.9 Å². The van der Waals surface area contributed by atoms with E-state index in [0.29, 0.717) is 0 Å². The molecule has 5 heteroatoms. The number of benzene rings is 1. The predicted molar refractivity (Wildman–Crippen MR) is 80.5 cm³/mol. The predicted octanol–water partition coefficient (Wildman–Crippen LogP) is 1.74. The number of imidazole rings is 1. The molecule has 20 heavy (non-hydrogen) atoms. The van der Waals surface area contributed by atoms with Crippen molar-refractivity contribution >= 4 is 11.0 Å². The second kappa shape index (κ2) is 5.09. The first-order valence-electron chi connectivity index (χ1n) is 6.77. The van der Waals surface area contributed by atoms with Crippen molar-refractivity contribution in [1.29, 1.82) is 0 Å². The molecule has 0 aliphatic rings. The van der Waals surface area contributed by atoms with Crippen molar-refractivity contribution in [3.8, 4) is 11.3 Å². The molecule has 0 atom stereocenters. The quantitative estimate of drug-likeness (QED) is 0.785. The average Bonchev–Trinajstić information content (AvgIpc) is 3.00. The molecule has 1 N–H and O–H groups in total. The normalized spacial score (nSPS) is 11.3. The van der Waals surface area contributed by atoms with Gasteiger partial charge in [-0.3, -0.25) is 4.68 Å². The first kappa shape index (κ1) is 12.9. The number of hydrogen-bond donors (Lipinski definition) is 1. The maximum absolute atomic E-state index is 4.60. The topological polar surface area (TPSA) is 47.7 Å². The zero-order chi connectivity index (χ0) is 14.1. The van der Waals surface area contributed by atoms with Crippen molar-refractivity contribution in [2.45, 2.75) is 6.42 Å². The van der Waals surface area contributed by atoms with Gasteiger partial charge in [-0.25, -0.2) is 4.98 Å². The van der Waals surface area contributed by atoms with Crippen LogP contribution in [0.2, 0.25) is 0 Å². The van der Waals surface area contributed by atoms with Crippen LogP contribution in [0.5, 0.6) is 0 Å². The monoisotopic (exact) mass is 269 g/mol. The van der Waals surface area contributed by atoms with E-state index in [1.54, 1.807) is 0 Å². The van der Waals surface area contributed by atoms with Gasteiger partial charge in [-0.1, -0.05) is 6.07 Å². The molecule has 0 bridgehead atoms. The lowest BCUT2D eigenvalue weighted by atomic mass is 10.1. The highest BCUT2D eigenvalue weighted by Gasteiger charge is 2.11. The summed E-state index contributed by atoms with van der Waals surface area (Å²) in [7, 11) is 5.94. The molecule has 104 valence electrons. The average molecular weight is 269 g/mol. The van der Waals surface area contributed by atoms with E-state index in [9.17, 15) is 0 Å². The standard InChI is InChI=1S/C15H19N5/c1-16-7-6-12-9-20(3)18-15(12)11-4-5-14-13(8-11)17-10-19(14)2/h4-5,8-10,16H,6-7H2,1-3H3. The highest BCUT2D eigenvalue weighted by atomic mass is 15.3. The Hall–Kier alpha value is -2.14.